The standard InChI is InChI=1S/C22H14Cl3F3N2O5.C21H11Cl3F4N2O4/c1-35-19-14(3-2-4-17(19)30(33)34)20(31)29-18-15(24)9-12(10-16(18)25)21(32,22(26,27)28)11-5-7-13(23)8-6-11;22-12-6-4-10(5-7-12)20(32,21(26,27)28)11-8-14(23)18(15(24)9-11)29-19(31)13-2-1-3-16(17(13)25)30(33)34/h2-10,32H,1H3,(H,29,31);1-9,32H,(H,29,31). The number of para-hydroxylation sites is 1. The lowest BCUT2D eigenvalue weighted by Crippen LogP contribution is -2.43. The maximum atomic E-state index is 14.3. The van der Waals surface area contributed by atoms with Crippen LogP contribution < -0.4 is 15.4 Å². The molecular formula is C43H25Cl6F7N4O9. The van der Waals surface area contributed by atoms with Crippen LogP contribution in [0.2, 0.25) is 30.1 Å². The van der Waals surface area contributed by atoms with E-state index in [2.05, 4.69) is 10.6 Å². The monoisotopic (exact) mass is 1080 g/mol. The summed E-state index contributed by atoms with van der Waals surface area (Å²) < 4.78 is 103. The van der Waals surface area contributed by atoms with Gasteiger partial charge < -0.3 is 25.6 Å². The summed E-state index contributed by atoms with van der Waals surface area (Å²) in [5.41, 5.74) is -12.7. The molecule has 6 rings (SSSR count). The lowest BCUT2D eigenvalue weighted by molar-refractivity contribution is -0.387. The molecule has 0 spiro atoms. The number of rotatable bonds is 11. The minimum atomic E-state index is -5.22. The van der Waals surface area contributed by atoms with Gasteiger partial charge in [-0.15, -0.1) is 0 Å². The van der Waals surface area contributed by atoms with Gasteiger partial charge in [-0.1, -0.05) is 106 Å². The Hall–Kier alpha value is -5.97. The van der Waals surface area contributed by atoms with Crippen LogP contribution in [0.25, 0.3) is 0 Å². The highest BCUT2D eigenvalue weighted by Crippen LogP contribution is 2.49. The second-order valence-corrected chi connectivity index (χ2v) is 16.5. The van der Waals surface area contributed by atoms with Gasteiger partial charge in [0, 0.05) is 33.3 Å². The number of alkyl halides is 6. The van der Waals surface area contributed by atoms with Crippen molar-refractivity contribution in [3.63, 3.8) is 0 Å². The maximum absolute atomic E-state index is 14.3. The van der Waals surface area contributed by atoms with Crippen molar-refractivity contribution >= 4 is 104 Å². The number of nitrogens with zero attached hydrogens (tertiary/aromatic N) is 2. The fourth-order valence-corrected chi connectivity index (χ4v) is 7.85. The molecule has 2 amide bonds. The molecule has 69 heavy (non-hydrogen) atoms. The summed E-state index contributed by atoms with van der Waals surface area (Å²) in [6.45, 7) is 0. The number of amides is 2. The number of carbonyl (C=O) groups is 2. The van der Waals surface area contributed by atoms with Crippen molar-refractivity contribution in [2.24, 2.45) is 0 Å². The van der Waals surface area contributed by atoms with Crippen LogP contribution in [0, 0.1) is 26.0 Å². The number of anilines is 2. The van der Waals surface area contributed by atoms with Crippen LogP contribution in [0.4, 0.5) is 53.5 Å². The summed E-state index contributed by atoms with van der Waals surface area (Å²) in [6, 6.07) is 18.1. The van der Waals surface area contributed by atoms with Crippen LogP contribution in [0.5, 0.6) is 5.75 Å². The lowest BCUT2D eigenvalue weighted by Gasteiger charge is -2.32. The van der Waals surface area contributed by atoms with E-state index in [1.165, 1.54) is 24.3 Å². The zero-order chi connectivity index (χ0) is 51.6. The number of methoxy groups -OCH3 is 1. The topological polar surface area (TPSA) is 194 Å². The molecule has 0 radical (unpaired) electrons. The molecule has 0 bridgehead atoms. The third-order valence-corrected chi connectivity index (χ3v) is 11.5. The minimum absolute atomic E-state index is 0.135. The summed E-state index contributed by atoms with van der Waals surface area (Å²) >= 11 is 35.9. The Bertz CT molecular complexity index is 2940. The highest BCUT2D eigenvalue weighted by atomic mass is 35.5. The third kappa shape index (κ3) is 11.1. The lowest BCUT2D eigenvalue weighted by atomic mass is 9.85. The molecule has 26 heteroatoms. The van der Waals surface area contributed by atoms with Crippen LogP contribution in [0.1, 0.15) is 43.0 Å². The van der Waals surface area contributed by atoms with Gasteiger partial charge >= 0.3 is 23.7 Å². The first-order valence-corrected chi connectivity index (χ1v) is 20.8. The second kappa shape index (κ2) is 20.9. The van der Waals surface area contributed by atoms with E-state index in [4.69, 9.17) is 74.3 Å². The average Bonchev–Trinajstić information content (AvgIpc) is 3.27. The van der Waals surface area contributed by atoms with Gasteiger partial charge in [-0.05, 0) is 71.8 Å². The minimum Gasteiger partial charge on any atom is -0.490 e. The van der Waals surface area contributed by atoms with E-state index in [1.54, 1.807) is 0 Å². The Balaban J connectivity index is 0.000000258. The molecule has 6 aromatic rings. The second-order valence-electron chi connectivity index (χ2n) is 14.0. The molecule has 0 aliphatic heterocycles. The van der Waals surface area contributed by atoms with Crippen molar-refractivity contribution in [2.45, 2.75) is 23.6 Å². The van der Waals surface area contributed by atoms with Crippen LogP contribution in [0.15, 0.2) is 109 Å². The van der Waals surface area contributed by atoms with E-state index in [0.29, 0.717) is 0 Å². The van der Waals surface area contributed by atoms with Gasteiger partial charge in [-0.25, -0.2) is 0 Å². The highest BCUT2D eigenvalue weighted by Gasteiger charge is 2.57. The number of hydrogen-bond acceptors (Lipinski definition) is 9. The van der Waals surface area contributed by atoms with Crippen LogP contribution >= 0.6 is 69.6 Å². The number of nitro groups is 2. The Morgan fingerprint density at radius 2 is 0.884 bits per heavy atom. The van der Waals surface area contributed by atoms with Crippen molar-refractivity contribution in [2.75, 3.05) is 17.7 Å². The first-order valence-electron chi connectivity index (χ1n) is 18.5. The van der Waals surface area contributed by atoms with Gasteiger partial charge in [-0.3, -0.25) is 29.8 Å². The fraction of sp³-hybridized carbons (Fsp3) is 0.116. The van der Waals surface area contributed by atoms with E-state index in [9.17, 15) is 70.8 Å². The number of ether oxygens (including phenoxy) is 1. The predicted molar refractivity (Wildman–Crippen MR) is 243 cm³/mol. The van der Waals surface area contributed by atoms with Crippen LogP contribution in [-0.2, 0) is 11.2 Å². The zero-order valence-electron chi connectivity index (χ0n) is 34.0. The first kappa shape index (κ1) is 54.0. The zero-order valence-corrected chi connectivity index (χ0v) is 38.5. The quantitative estimate of drug-likeness (QED) is 0.0555. The molecule has 2 atom stereocenters. The summed E-state index contributed by atoms with van der Waals surface area (Å²) in [7, 11) is 1.13. The normalized spacial score (nSPS) is 13.2. The van der Waals surface area contributed by atoms with Crippen molar-refractivity contribution in [3.05, 3.63) is 199 Å². The first-order chi connectivity index (χ1) is 32.1. The van der Waals surface area contributed by atoms with Gasteiger partial charge in [-0.2, -0.15) is 30.7 Å². The van der Waals surface area contributed by atoms with Gasteiger partial charge in [0.15, 0.2) is 0 Å². The molecule has 2 unspecified atom stereocenters. The number of hydrogen-bond donors (Lipinski definition) is 4. The largest absolute Gasteiger partial charge is 0.490 e. The molecule has 0 saturated heterocycles. The van der Waals surface area contributed by atoms with Gasteiger partial charge in [0.25, 0.3) is 11.8 Å². The summed E-state index contributed by atoms with van der Waals surface area (Å²) in [5, 5.41) is 46.4. The molecule has 0 saturated carbocycles. The molecule has 6 aromatic carbocycles. The van der Waals surface area contributed by atoms with Crippen molar-refractivity contribution < 1.29 is 65.1 Å². The van der Waals surface area contributed by atoms with Crippen molar-refractivity contribution in [1.82, 2.24) is 0 Å². The molecule has 4 N–H and O–H groups in total. The molecule has 0 fully saturated rings. The SMILES string of the molecule is COc1c(C(=O)Nc2c(Cl)cc(C(O)(c3ccc(Cl)cc3)C(F)(F)F)cc2Cl)cccc1[N+](=O)[O-].O=C(Nc1c(Cl)cc(C(O)(c2ccc(Cl)cc2)C(F)(F)F)cc1Cl)c1cccc([N+](=O)[O-])c1F. The molecule has 362 valence electrons. The molecular weight excluding hydrogens is 1060 g/mol. The van der Waals surface area contributed by atoms with Crippen LogP contribution in [-0.4, -0.2) is 51.3 Å². The Morgan fingerprint density at radius 1 is 0.551 bits per heavy atom. The van der Waals surface area contributed by atoms with E-state index in [0.717, 1.165) is 92.0 Å². The Morgan fingerprint density at radius 3 is 1.22 bits per heavy atom. The van der Waals surface area contributed by atoms with E-state index in [1.807, 2.05) is 0 Å². The van der Waals surface area contributed by atoms with Crippen LogP contribution in [0.3, 0.4) is 0 Å². The van der Waals surface area contributed by atoms with Gasteiger partial charge in [0.05, 0.1) is 59.5 Å². The molecule has 0 heterocycles. The summed E-state index contributed by atoms with van der Waals surface area (Å²) in [4.78, 5) is 45.6. The fourth-order valence-electron chi connectivity index (χ4n) is 6.43. The van der Waals surface area contributed by atoms with Crippen molar-refractivity contribution in [3.8, 4) is 5.75 Å². The maximum Gasteiger partial charge on any atom is 0.425 e. The molecule has 13 nitrogen and oxygen atoms in total. The number of benzene rings is 6. The summed E-state index contributed by atoms with van der Waals surface area (Å²) in [5.74, 6) is -3.89. The van der Waals surface area contributed by atoms with Crippen molar-refractivity contribution in [1.29, 1.82) is 0 Å². The Kier molecular flexibility index (Phi) is 16.4. The van der Waals surface area contributed by atoms with Gasteiger partial charge in [0.1, 0.15) is 0 Å². The van der Waals surface area contributed by atoms with E-state index >= 15 is 0 Å². The molecule has 0 aromatic heterocycles. The van der Waals surface area contributed by atoms with E-state index in [-0.39, 0.29) is 27.0 Å². The smallest absolute Gasteiger partial charge is 0.425 e. The predicted octanol–water partition coefficient (Wildman–Crippen LogP) is 13.4. The summed E-state index contributed by atoms with van der Waals surface area (Å²) in [6.07, 6.45) is -10.4. The molecule has 0 aliphatic carbocycles. The number of nitrogens with one attached hydrogen (secondary N) is 2. The van der Waals surface area contributed by atoms with Gasteiger partial charge in [0.2, 0.25) is 22.8 Å². The number of aliphatic hydroxyl groups is 2. The third-order valence-electron chi connectivity index (χ3n) is 9.80. The average molecular weight is 1090 g/mol. The number of nitro benzene ring substituents is 2. The number of carbonyl (C=O) groups excluding carboxylic acids is 2. The molecule has 0 aliphatic rings. The highest BCUT2D eigenvalue weighted by molar-refractivity contribution is 6.41. The number of halogens is 13. The van der Waals surface area contributed by atoms with E-state index < -0.39 is 116 Å². The Labute approximate surface area is 413 Å².